The first kappa shape index (κ1) is 12.1. The maximum absolute atomic E-state index is 12.5. The van der Waals surface area contributed by atoms with E-state index in [1.54, 1.807) is 0 Å². The molecule has 1 aliphatic heterocycles. The first-order valence-electron chi connectivity index (χ1n) is 6.37. The Balaban J connectivity index is 2.24. The van der Waals surface area contributed by atoms with Crippen LogP contribution in [0.4, 0.5) is 0 Å². The quantitative estimate of drug-likeness (QED) is 0.680. The maximum Gasteiger partial charge on any atom is 0.260 e. The van der Waals surface area contributed by atoms with Crippen molar-refractivity contribution in [3.8, 4) is 0 Å². The van der Waals surface area contributed by atoms with Crippen LogP contribution in [0.15, 0.2) is 24.5 Å². The van der Waals surface area contributed by atoms with Crippen LogP contribution >= 0.6 is 0 Å². The highest BCUT2D eigenvalue weighted by Crippen LogP contribution is 2.24. The summed E-state index contributed by atoms with van der Waals surface area (Å²) in [6.07, 6.45) is 7.31. The number of carbonyl (C=O) groups is 1. The Kier molecular flexibility index (Phi) is 3.46. The van der Waals surface area contributed by atoms with Crippen LogP contribution < -0.4 is 4.57 Å². The zero-order valence-corrected chi connectivity index (χ0v) is 10.9. The van der Waals surface area contributed by atoms with Gasteiger partial charge < -0.3 is 4.90 Å². The van der Waals surface area contributed by atoms with Gasteiger partial charge >= 0.3 is 0 Å². The summed E-state index contributed by atoms with van der Waals surface area (Å²) < 4.78 is 1.92. The topological polar surface area (TPSA) is 24.2 Å². The van der Waals surface area contributed by atoms with Gasteiger partial charge in [-0.25, -0.2) is 4.57 Å². The van der Waals surface area contributed by atoms with E-state index in [0.717, 1.165) is 18.4 Å². The lowest BCUT2D eigenvalue weighted by Gasteiger charge is -2.38. The van der Waals surface area contributed by atoms with Crippen molar-refractivity contribution >= 4 is 5.91 Å². The third kappa shape index (κ3) is 2.48. The molecule has 2 heterocycles. The van der Waals surface area contributed by atoms with Gasteiger partial charge in [-0.05, 0) is 39.2 Å². The molecule has 2 atom stereocenters. The highest BCUT2D eigenvalue weighted by Gasteiger charge is 2.30. The number of amides is 1. The van der Waals surface area contributed by atoms with Crippen LogP contribution in [-0.4, -0.2) is 22.9 Å². The Bertz CT molecular complexity index is 406. The Labute approximate surface area is 103 Å². The molecule has 0 bridgehead atoms. The average molecular weight is 233 g/mol. The van der Waals surface area contributed by atoms with Crippen molar-refractivity contribution in [2.75, 3.05) is 0 Å². The standard InChI is InChI=1S/C14H21N2O/c1-11-6-4-7-12(2)16(11)14(17)13-8-5-9-15(3)10-13/h5,8-12H,4,6-7H2,1-3H3/q+1/t11-,12+. The third-order valence-corrected chi connectivity index (χ3v) is 3.61. The van der Waals surface area contributed by atoms with E-state index in [1.165, 1.54) is 6.42 Å². The second-order valence-electron chi connectivity index (χ2n) is 5.10. The molecular formula is C14H21N2O+. The molecule has 1 aromatic heterocycles. The molecule has 1 fully saturated rings. The average Bonchev–Trinajstić information content (AvgIpc) is 2.28. The number of aromatic nitrogens is 1. The fourth-order valence-corrected chi connectivity index (χ4v) is 2.69. The number of carbonyl (C=O) groups excluding carboxylic acids is 1. The summed E-state index contributed by atoms with van der Waals surface area (Å²) in [5.41, 5.74) is 0.788. The van der Waals surface area contributed by atoms with E-state index in [0.29, 0.717) is 12.1 Å². The molecule has 1 aliphatic rings. The smallest absolute Gasteiger partial charge is 0.260 e. The molecule has 3 heteroatoms. The van der Waals surface area contributed by atoms with Gasteiger partial charge in [-0.1, -0.05) is 0 Å². The number of nitrogens with zero attached hydrogens (tertiary/aromatic N) is 2. The summed E-state index contributed by atoms with van der Waals surface area (Å²) in [7, 11) is 1.94. The molecule has 0 N–H and O–H groups in total. The summed E-state index contributed by atoms with van der Waals surface area (Å²) in [4.78, 5) is 14.5. The molecule has 92 valence electrons. The number of likely N-dealkylation sites (tertiary alicyclic amines) is 1. The molecule has 1 amide bonds. The lowest BCUT2D eigenvalue weighted by atomic mass is 9.96. The van der Waals surface area contributed by atoms with Crippen molar-refractivity contribution in [2.24, 2.45) is 7.05 Å². The second kappa shape index (κ2) is 4.86. The van der Waals surface area contributed by atoms with Gasteiger partial charge in [0.05, 0.1) is 0 Å². The zero-order chi connectivity index (χ0) is 12.4. The van der Waals surface area contributed by atoms with E-state index in [-0.39, 0.29) is 5.91 Å². The molecule has 0 unspecified atom stereocenters. The van der Waals surface area contributed by atoms with Crippen LogP contribution in [-0.2, 0) is 7.05 Å². The van der Waals surface area contributed by atoms with E-state index in [1.807, 2.05) is 41.0 Å². The van der Waals surface area contributed by atoms with Crippen molar-refractivity contribution < 1.29 is 9.36 Å². The Morgan fingerprint density at radius 3 is 2.59 bits per heavy atom. The van der Waals surface area contributed by atoms with Gasteiger partial charge in [0.25, 0.3) is 5.91 Å². The molecular weight excluding hydrogens is 212 g/mol. The van der Waals surface area contributed by atoms with E-state index in [4.69, 9.17) is 0 Å². The van der Waals surface area contributed by atoms with Gasteiger partial charge in [-0.2, -0.15) is 0 Å². The second-order valence-corrected chi connectivity index (χ2v) is 5.10. The monoisotopic (exact) mass is 233 g/mol. The van der Waals surface area contributed by atoms with Crippen molar-refractivity contribution in [2.45, 2.75) is 45.2 Å². The first-order valence-corrected chi connectivity index (χ1v) is 6.37. The normalized spacial score (nSPS) is 24.8. The number of aryl methyl sites for hydroxylation is 1. The van der Waals surface area contributed by atoms with Gasteiger partial charge in [0.1, 0.15) is 12.6 Å². The molecule has 0 aromatic carbocycles. The van der Waals surface area contributed by atoms with Crippen LogP contribution in [0.1, 0.15) is 43.5 Å². The van der Waals surface area contributed by atoms with Crippen LogP contribution in [0.3, 0.4) is 0 Å². The highest BCUT2D eigenvalue weighted by atomic mass is 16.2. The summed E-state index contributed by atoms with van der Waals surface area (Å²) in [5, 5.41) is 0. The lowest BCUT2D eigenvalue weighted by Crippen LogP contribution is -2.48. The van der Waals surface area contributed by atoms with E-state index >= 15 is 0 Å². The first-order chi connectivity index (χ1) is 8.09. The molecule has 2 rings (SSSR count). The number of rotatable bonds is 1. The number of pyridine rings is 1. The van der Waals surface area contributed by atoms with E-state index in [9.17, 15) is 4.79 Å². The highest BCUT2D eigenvalue weighted by molar-refractivity contribution is 5.94. The van der Waals surface area contributed by atoms with Gasteiger partial charge in [0.15, 0.2) is 12.4 Å². The molecule has 0 radical (unpaired) electrons. The molecule has 0 saturated carbocycles. The minimum atomic E-state index is 0.168. The Morgan fingerprint density at radius 1 is 1.35 bits per heavy atom. The molecule has 1 aromatic rings. The number of hydrogen-bond acceptors (Lipinski definition) is 1. The van der Waals surface area contributed by atoms with E-state index < -0.39 is 0 Å². The van der Waals surface area contributed by atoms with Crippen LogP contribution in [0.25, 0.3) is 0 Å². The van der Waals surface area contributed by atoms with Gasteiger partial charge in [-0.3, -0.25) is 4.79 Å². The number of piperidine rings is 1. The predicted octanol–water partition coefficient (Wildman–Crippen LogP) is 1.91. The largest absolute Gasteiger partial charge is 0.333 e. The lowest BCUT2D eigenvalue weighted by molar-refractivity contribution is -0.671. The summed E-state index contributed by atoms with van der Waals surface area (Å²) in [5.74, 6) is 0.168. The molecule has 0 aliphatic carbocycles. The van der Waals surface area contributed by atoms with Crippen molar-refractivity contribution in [3.63, 3.8) is 0 Å². The SMILES string of the molecule is C[C@@H]1CCC[C@H](C)N1C(=O)c1ccc[n+](C)c1. The summed E-state index contributed by atoms with van der Waals surface area (Å²) in [6, 6.07) is 4.54. The van der Waals surface area contributed by atoms with Crippen LogP contribution in [0.2, 0.25) is 0 Å². The van der Waals surface area contributed by atoms with Gasteiger partial charge in [0.2, 0.25) is 0 Å². The van der Waals surface area contributed by atoms with Gasteiger partial charge in [-0.15, -0.1) is 0 Å². The molecule has 3 nitrogen and oxygen atoms in total. The summed E-state index contributed by atoms with van der Waals surface area (Å²) in [6.45, 7) is 4.30. The zero-order valence-electron chi connectivity index (χ0n) is 10.9. The minimum absolute atomic E-state index is 0.168. The molecule has 0 spiro atoms. The predicted molar refractivity (Wildman–Crippen MR) is 66.6 cm³/mol. The van der Waals surface area contributed by atoms with E-state index in [2.05, 4.69) is 13.8 Å². The van der Waals surface area contributed by atoms with Crippen LogP contribution in [0.5, 0.6) is 0 Å². The van der Waals surface area contributed by atoms with Crippen LogP contribution in [0, 0.1) is 0 Å². The van der Waals surface area contributed by atoms with Crippen molar-refractivity contribution in [3.05, 3.63) is 30.1 Å². The Morgan fingerprint density at radius 2 is 2.00 bits per heavy atom. The van der Waals surface area contributed by atoms with Crippen molar-refractivity contribution in [1.29, 1.82) is 0 Å². The van der Waals surface area contributed by atoms with Gasteiger partial charge in [0, 0.05) is 18.2 Å². The fourth-order valence-electron chi connectivity index (χ4n) is 2.69. The summed E-state index contributed by atoms with van der Waals surface area (Å²) >= 11 is 0. The molecule has 17 heavy (non-hydrogen) atoms. The fraction of sp³-hybridized carbons (Fsp3) is 0.571. The maximum atomic E-state index is 12.5. The van der Waals surface area contributed by atoms with Crippen molar-refractivity contribution in [1.82, 2.24) is 4.90 Å². The Hall–Kier alpha value is -1.38. The number of hydrogen-bond donors (Lipinski definition) is 0. The minimum Gasteiger partial charge on any atom is -0.333 e. The third-order valence-electron chi connectivity index (χ3n) is 3.61. The molecule has 1 saturated heterocycles.